The van der Waals surface area contributed by atoms with Crippen molar-refractivity contribution in [3.63, 3.8) is 0 Å². The lowest BCUT2D eigenvalue weighted by molar-refractivity contribution is 0.559. The summed E-state index contributed by atoms with van der Waals surface area (Å²) in [5.74, 6) is 0.539. The van der Waals surface area contributed by atoms with E-state index < -0.39 is 14.6 Å². The van der Waals surface area contributed by atoms with Gasteiger partial charge in [0.2, 0.25) is 5.95 Å². The third-order valence-corrected chi connectivity index (χ3v) is 5.34. The largest absolute Gasteiger partial charge is 0.399 e. The zero-order valence-electron chi connectivity index (χ0n) is 11.2. The average molecular weight is 282 g/mol. The molecule has 4 N–H and O–H groups in total. The Hall–Kier alpha value is -1.76. The third-order valence-electron chi connectivity index (χ3n) is 3.19. The van der Waals surface area contributed by atoms with Gasteiger partial charge in [0.05, 0.1) is 15.8 Å². The quantitative estimate of drug-likeness (QED) is 0.735. The molecule has 0 aliphatic heterocycles. The van der Waals surface area contributed by atoms with Crippen molar-refractivity contribution in [1.29, 1.82) is 0 Å². The molecular weight excluding hydrogens is 264 g/mol. The van der Waals surface area contributed by atoms with Gasteiger partial charge in [-0.25, -0.2) is 13.4 Å². The molecule has 0 atom stereocenters. The number of nitrogens with one attached hydrogen (secondary N) is 2. The number of sulfone groups is 1. The van der Waals surface area contributed by atoms with Crippen LogP contribution < -0.4 is 11.1 Å². The van der Waals surface area contributed by atoms with Gasteiger partial charge in [0.1, 0.15) is 0 Å². The second-order valence-electron chi connectivity index (χ2n) is 5.25. The molecule has 0 amide bonds. The zero-order chi connectivity index (χ0) is 14.3. The normalized spacial score (nSPS) is 12.8. The van der Waals surface area contributed by atoms with Crippen LogP contribution in [0, 0.1) is 0 Å². The topological polar surface area (TPSA) is 101 Å². The van der Waals surface area contributed by atoms with Gasteiger partial charge in [-0.2, -0.15) is 0 Å². The third kappa shape index (κ3) is 2.81. The molecule has 1 aromatic heterocycles. The summed E-state index contributed by atoms with van der Waals surface area (Å²) in [5, 5.41) is 3.01. The van der Waals surface area contributed by atoms with E-state index in [1.54, 1.807) is 26.0 Å². The maximum absolute atomic E-state index is 11.6. The first-order chi connectivity index (χ1) is 8.69. The van der Waals surface area contributed by atoms with Crippen molar-refractivity contribution in [2.45, 2.75) is 18.6 Å². The lowest BCUT2D eigenvalue weighted by Gasteiger charge is -2.22. The summed E-state index contributed by atoms with van der Waals surface area (Å²) in [6, 6.07) is 5.37. The molecule has 2 aromatic rings. The molecule has 0 saturated heterocycles. The fraction of sp³-hybridized carbons (Fsp3) is 0.417. The van der Waals surface area contributed by atoms with E-state index in [1.165, 1.54) is 6.26 Å². The molecule has 2 rings (SSSR count). The molecule has 0 aliphatic rings. The Morgan fingerprint density at radius 2 is 2.11 bits per heavy atom. The number of hydrogen-bond donors (Lipinski definition) is 3. The van der Waals surface area contributed by atoms with Crippen LogP contribution in [0.5, 0.6) is 0 Å². The average Bonchev–Trinajstić information content (AvgIpc) is 2.67. The molecule has 0 spiro atoms. The zero-order valence-corrected chi connectivity index (χ0v) is 12.0. The number of fused-ring (bicyclic) bond motifs is 1. The fourth-order valence-corrected chi connectivity index (χ4v) is 1.87. The van der Waals surface area contributed by atoms with Crippen LogP contribution in [0.3, 0.4) is 0 Å². The van der Waals surface area contributed by atoms with E-state index in [1.807, 2.05) is 6.07 Å². The number of nitrogen functional groups attached to an aromatic ring is 1. The number of benzene rings is 1. The van der Waals surface area contributed by atoms with Gasteiger partial charge in [-0.3, -0.25) is 0 Å². The van der Waals surface area contributed by atoms with E-state index in [0.717, 1.165) is 11.0 Å². The van der Waals surface area contributed by atoms with Crippen molar-refractivity contribution in [3.05, 3.63) is 18.2 Å². The highest BCUT2D eigenvalue weighted by Crippen LogP contribution is 2.19. The van der Waals surface area contributed by atoms with Crippen LogP contribution in [-0.2, 0) is 9.84 Å². The maximum Gasteiger partial charge on any atom is 0.201 e. The SMILES string of the molecule is CC(C)(CNc1nc2ccc(N)cc2[nH]1)S(C)(=O)=O. The van der Waals surface area contributed by atoms with E-state index in [9.17, 15) is 8.42 Å². The molecule has 1 heterocycles. The van der Waals surface area contributed by atoms with Crippen LogP contribution in [0.15, 0.2) is 18.2 Å². The molecular formula is C12H18N4O2S. The van der Waals surface area contributed by atoms with Crippen LogP contribution in [0.2, 0.25) is 0 Å². The first-order valence-corrected chi connectivity index (χ1v) is 7.77. The molecule has 7 heteroatoms. The maximum atomic E-state index is 11.6. The van der Waals surface area contributed by atoms with E-state index in [-0.39, 0.29) is 6.54 Å². The van der Waals surface area contributed by atoms with Gasteiger partial charge in [-0.1, -0.05) is 0 Å². The van der Waals surface area contributed by atoms with Gasteiger partial charge in [0, 0.05) is 18.5 Å². The molecule has 1 aromatic carbocycles. The number of aromatic nitrogens is 2. The Morgan fingerprint density at radius 3 is 2.74 bits per heavy atom. The fourth-order valence-electron chi connectivity index (χ4n) is 1.54. The lowest BCUT2D eigenvalue weighted by Crippen LogP contribution is -2.38. The predicted octanol–water partition coefficient (Wildman–Crippen LogP) is 1.38. The Morgan fingerprint density at radius 1 is 1.42 bits per heavy atom. The Bertz CT molecular complexity index is 704. The standard InChI is InChI=1S/C12H18N4O2S/c1-12(2,19(3,17)18)7-14-11-15-9-5-4-8(13)6-10(9)16-11/h4-6H,7,13H2,1-3H3,(H2,14,15,16). The Balaban J connectivity index is 2.19. The summed E-state index contributed by atoms with van der Waals surface area (Å²) in [4.78, 5) is 7.39. The molecule has 0 unspecified atom stereocenters. The van der Waals surface area contributed by atoms with Crippen molar-refractivity contribution in [1.82, 2.24) is 9.97 Å². The predicted molar refractivity (Wildman–Crippen MR) is 77.9 cm³/mol. The Labute approximate surface area is 112 Å². The van der Waals surface area contributed by atoms with E-state index in [4.69, 9.17) is 5.73 Å². The molecule has 6 nitrogen and oxygen atoms in total. The van der Waals surface area contributed by atoms with E-state index in [0.29, 0.717) is 11.6 Å². The first kappa shape index (κ1) is 13.7. The number of H-pyrrole nitrogens is 1. The summed E-state index contributed by atoms with van der Waals surface area (Å²) in [6.07, 6.45) is 1.23. The summed E-state index contributed by atoms with van der Waals surface area (Å²) in [5.41, 5.74) is 7.94. The van der Waals surface area contributed by atoms with Crippen molar-refractivity contribution in [2.24, 2.45) is 0 Å². The molecule has 0 saturated carbocycles. The number of nitrogens with zero attached hydrogens (tertiary/aromatic N) is 1. The van der Waals surface area contributed by atoms with Crippen LogP contribution in [0.4, 0.5) is 11.6 Å². The van der Waals surface area contributed by atoms with E-state index in [2.05, 4.69) is 15.3 Å². The lowest BCUT2D eigenvalue weighted by atomic mass is 10.2. The highest BCUT2D eigenvalue weighted by atomic mass is 32.2. The smallest absolute Gasteiger partial charge is 0.201 e. The number of anilines is 2. The minimum Gasteiger partial charge on any atom is -0.399 e. The summed E-state index contributed by atoms with van der Waals surface area (Å²) >= 11 is 0. The highest BCUT2D eigenvalue weighted by molar-refractivity contribution is 7.92. The molecule has 0 bridgehead atoms. The van der Waals surface area contributed by atoms with Crippen LogP contribution in [0.25, 0.3) is 11.0 Å². The highest BCUT2D eigenvalue weighted by Gasteiger charge is 2.30. The number of imidazole rings is 1. The van der Waals surface area contributed by atoms with Gasteiger partial charge in [-0.15, -0.1) is 0 Å². The summed E-state index contributed by atoms with van der Waals surface area (Å²) in [7, 11) is -3.13. The molecule has 0 radical (unpaired) electrons. The van der Waals surface area contributed by atoms with Crippen LogP contribution >= 0.6 is 0 Å². The van der Waals surface area contributed by atoms with Crippen LogP contribution in [-0.4, -0.2) is 35.9 Å². The van der Waals surface area contributed by atoms with E-state index >= 15 is 0 Å². The first-order valence-electron chi connectivity index (χ1n) is 5.88. The summed E-state index contributed by atoms with van der Waals surface area (Å²) < 4.78 is 22.4. The number of nitrogens with two attached hydrogens (primary N) is 1. The van der Waals surface area contributed by atoms with Crippen molar-refractivity contribution in [3.8, 4) is 0 Å². The van der Waals surface area contributed by atoms with Crippen molar-refractivity contribution in [2.75, 3.05) is 23.9 Å². The van der Waals surface area contributed by atoms with Crippen molar-refractivity contribution < 1.29 is 8.42 Å². The minimum atomic E-state index is -3.13. The van der Waals surface area contributed by atoms with Gasteiger partial charge in [0.25, 0.3) is 0 Å². The number of aromatic amines is 1. The van der Waals surface area contributed by atoms with Gasteiger partial charge in [0.15, 0.2) is 9.84 Å². The van der Waals surface area contributed by atoms with Gasteiger partial charge < -0.3 is 16.0 Å². The van der Waals surface area contributed by atoms with Gasteiger partial charge >= 0.3 is 0 Å². The van der Waals surface area contributed by atoms with Crippen LogP contribution in [0.1, 0.15) is 13.8 Å². The second kappa shape index (κ2) is 4.41. The monoisotopic (exact) mass is 282 g/mol. The minimum absolute atomic E-state index is 0.279. The second-order valence-corrected chi connectivity index (χ2v) is 7.90. The number of hydrogen-bond acceptors (Lipinski definition) is 5. The molecule has 19 heavy (non-hydrogen) atoms. The molecule has 0 fully saturated rings. The van der Waals surface area contributed by atoms with Crippen molar-refractivity contribution >= 4 is 32.5 Å². The molecule has 104 valence electrons. The summed E-state index contributed by atoms with van der Waals surface area (Å²) in [6.45, 7) is 3.63. The van der Waals surface area contributed by atoms with Gasteiger partial charge in [-0.05, 0) is 32.0 Å². The number of rotatable bonds is 4. The Kier molecular flexibility index (Phi) is 3.17. The molecule has 0 aliphatic carbocycles.